The Hall–Kier alpha value is -1.29. The second-order valence-corrected chi connectivity index (χ2v) is 4.18. The summed E-state index contributed by atoms with van der Waals surface area (Å²) in [4.78, 5) is 11.1. The van der Waals surface area contributed by atoms with E-state index in [-0.39, 0.29) is 5.91 Å². The molecule has 4 nitrogen and oxygen atoms in total. The number of aryl methyl sites for hydroxylation is 1. The molecule has 0 spiro atoms. The molecule has 1 aromatic heterocycles. The minimum atomic E-state index is 0.110. The van der Waals surface area contributed by atoms with Crippen molar-refractivity contribution in [3.63, 3.8) is 0 Å². The molecular formula is C13H23N3O. The zero-order chi connectivity index (χ0) is 12.7. The van der Waals surface area contributed by atoms with Crippen molar-refractivity contribution in [1.29, 1.82) is 0 Å². The Labute approximate surface area is 103 Å². The van der Waals surface area contributed by atoms with Crippen LogP contribution in [0.15, 0.2) is 18.3 Å². The molecule has 1 unspecified atom stereocenters. The van der Waals surface area contributed by atoms with Crippen molar-refractivity contribution in [2.45, 2.75) is 39.3 Å². The van der Waals surface area contributed by atoms with E-state index in [0.717, 1.165) is 19.5 Å². The summed E-state index contributed by atoms with van der Waals surface area (Å²) in [6.45, 7) is 6.12. The van der Waals surface area contributed by atoms with E-state index in [4.69, 9.17) is 0 Å². The number of rotatable bonds is 7. The Morgan fingerprint density at radius 2 is 2.29 bits per heavy atom. The molecule has 0 bridgehead atoms. The number of hydrogen-bond acceptors (Lipinski definition) is 2. The van der Waals surface area contributed by atoms with Gasteiger partial charge in [-0.3, -0.25) is 4.79 Å². The quantitative estimate of drug-likeness (QED) is 0.758. The second-order valence-electron chi connectivity index (χ2n) is 4.18. The maximum Gasteiger partial charge on any atom is 0.219 e. The second kappa shape index (κ2) is 7.12. The minimum Gasteiger partial charge on any atom is -0.359 e. The predicted octanol–water partition coefficient (Wildman–Crippen LogP) is 1.68. The van der Waals surface area contributed by atoms with Crippen LogP contribution in [-0.2, 0) is 11.3 Å². The number of hydrogen-bond donors (Lipinski definition) is 2. The fraction of sp³-hybridized carbons (Fsp3) is 0.615. The SMILES string of the molecule is CCNC(C)c1cccn1CCCC(=O)NC. The molecule has 1 heterocycles. The van der Waals surface area contributed by atoms with Gasteiger partial charge in [-0.1, -0.05) is 6.92 Å². The summed E-state index contributed by atoms with van der Waals surface area (Å²) in [5, 5.41) is 6.04. The van der Waals surface area contributed by atoms with Gasteiger partial charge in [-0.25, -0.2) is 0 Å². The first-order valence-corrected chi connectivity index (χ1v) is 6.28. The Balaban J connectivity index is 2.48. The van der Waals surface area contributed by atoms with Crippen LogP contribution in [-0.4, -0.2) is 24.1 Å². The number of carbonyl (C=O) groups is 1. The van der Waals surface area contributed by atoms with E-state index in [1.807, 2.05) is 0 Å². The van der Waals surface area contributed by atoms with Crippen molar-refractivity contribution in [3.05, 3.63) is 24.0 Å². The van der Waals surface area contributed by atoms with Crippen molar-refractivity contribution in [2.75, 3.05) is 13.6 Å². The van der Waals surface area contributed by atoms with Gasteiger partial charge in [-0.2, -0.15) is 0 Å². The Morgan fingerprint density at radius 1 is 1.53 bits per heavy atom. The molecule has 2 N–H and O–H groups in total. The van der Waals surface area contributed by atoms with Crippen molar-refractivity contribution >= 4 is 5.91 Å². The van der Waals surface area contributed by atoms with Crippen LogP contribution in [0.2, 0.25) is 0 Å². The average molecular weight is 237 g/mol. The molecule has 96 valence electrons. The molecule has 1 rings (SSSR count). The number of aromatic nitrogens is 1. The molecule has 0 aliphatic heterocycles. The normalized spacial score (nSPS) is 12.4. The van der Waals surface area contributed by atoms with Crippen LogP contribution >= 0.6 is 0 Å². The van der Waals surface area contributed by atoms with Gasteiger partial charge >= 0.3 is 0 Å². The lowest BCUT2D eigenvalue weighted by Gasteiger charge is -2.16. The van der Waals surface area contributed by atoms with Crippen molar-refractivity contribution in [3.8, 4) is 0 Å². The zero-order valence-electron chi connectivity index (χ0n) is 11.0. The summed E-state index contributed by atoms with van der Waals surface area (Å²) in [6, 6.07) is 4.55. The molecule has 4 heteroatoms. The van der Waals surface area contributed by atoms with Crippen LogP contribution in [0.1, 0.15) is 38.4 Å². The van der Waals surface area contributed by atoms with Gasteiger partial charge in [0.15, 0.2) is 0 Å². The summed E-state index contributed by atoms with van der Waals surface area (Å²) in [5.74, 6) is 0.110. The van der Waals surface area contributed by atoms with Gasteiger partial charge < -0.3 is 15.2 Å². The summed E-state index contributed by atoms with van der Waals surface area (Å²) in [5.41, 5.74) is 1.28. The van der Waals surface area contributed by atoms with Crippen LogP contribution in [0, 0.1) is 0 Å². The summed E-state index contributed by atoms with van der Waals surface area (Å²) >= 11 is 0. The first-order valence-electron chi connectivity index (χ1n) is 6.28. The molecule has 0 radical (unpaired) electrons. The summed E-state index contributed by atoms with van der Waals surface area (Å²) in [6.07, 6.45) is 3.54. The smallest absolute Gasteiger partial charge is 0.219 e. The molecule has 0 saturated heterocycles. The van der Waals surface area contributed by atoms with Gasteiger partial charge in [0.2, 0.25) is 5.91 Å². The topological polar surface area (TPSA) is 46.1 Å². The Bertz CT molecular complexity index is 346. The third kappa shape index (κ3) is 4.23. The molecule has 0 fully saturated rings. The molecule has 0 aliphatic rings. The number of amides is 1. The highest BCUT2D eigenvalue weighted by Crippen LogP contribution is 2.14. The van der Waals surface area contributed by atoms with Crippen LogP contribution < -0.4 is 10.6 Å². The summed E-state index contributed by atoms with van der Waals surface area (Å²) in [7, 11) is 1.68. The first-order chi connectivity index (χ1) is 8.19. The van der Waals surface area contributed by atoms with E-state index in [9.17, 15) is 4.79 Å². The highest BCUT2D eigenvalue weighted by Gasteiger charge is 2.08. The maximum absolute atomic E-state index is 11.1. The number of carbonyl (C=O) groups excluding carboxylic acids is 1. The maximum atomic E-state index is 11.1. The number of nitrogens with zero attached hydrogens (tertiary/aromatic N) is 1. The Kier molecular flexibility index (Phi) is 5.77. The molecule has 1 atom stereocenters. The highest BCUT2D eigenvalue weighted by atomic mass is 16.1. The van der Waals surface area contributed by atoms with Crippen molar-refractivity contribution in [1.82, 2.24) is 15.2 Å². The van der Waals surface area contributed by atoms with Gasteiger partial charge in [0.05, 0.1) is 0 Å². The zero-order valence-corrected chi connectivity index (χ0v) is 11.0. The minimum absolute atomic E-state index is 0.110. The lowest BCUT2D eigenvalue weighted by Crippen LogP contribution is -2.21. The fourth-order valence-corrected chi connectivity index (χ4v) is 1.97. The predicted molar refractivity (Wildman–Crippen MR) is 69.8 cm³/mol. The standard InChI is InChI=1S/C13H23N3O/c1-4-15-11(2)12-7-5-9-16(12)10-6-8-13(17)14-3/h5,7,9,11,15H,4,6,8,10H2,1-3H3,(H,14,17). The van der Waals surface area contributed by atoms with E-state index < -0.39 is 0 Å². The van der Waals surface area contributed by atoms with Crippen LogP contribution in [0.25, 0.3) is 0 Å². The van der Waals surface area contributed by atoms with E-state index >= 15 is 0 Å². The molecule has 1 aromatic rings. The van der Waals surface area contributed by atoms with Gasteiger partial charge in [-0.05, 0) is 32.0 Å². The molecule has 0 saturated carbocycles. The average Bonchev–Trinajstić information content (AvgIpc) is 2.77. The van der Waals surface area contributed by atoms with Crippen LogP contribution in [0.5, 0.6) is 0 Å². The van der Waals surface area contributed by atoms with E-state index in [0.29, 0.717) is 12.5 Å². The third-order valence-electron chi connectivity index (χ3n) is 2.90. The van der Waals surface area contributed by atoms with E-state index in [1.54, 1.807) is 7.05 Å². The summed E-state index contributed by atoms with van der Waals surface area (Å²) < 4.78 is 2.22. The monoisotopic (exact) mass is 237 g/mol. The van der Waals surface area contributed by atoms with Crippen LogP contribution in [0.4, 0.5) is 0 Å². The number of nitrogens with one attached hydrogen (secondary N) is 2. The highest BCUT2D eigenvalue weighted by molar-refractivity contribution is 5.75. The first kappa shape index (κ1) is 13.8. The van der Waals surface area contributed by atoms with Crippen molar-refractivity contribution < 1.29 is 4.79 Å². The van der Waals surface area contributed by atoms with E-state index in [1.165, 1.54) is 5.69 Å². The van der Waals surface area contributed by atoms with Gasteiger partial charge in [0.25, 0.3) is 0 Å². The van der Waals surface area contributed by atoms with Gasteiger partial charge in [-0.15, -0.1) is 0 Å². The van der Waals surface area contributed by atoms with Crippen molar-refractivity contribution in [2.24, 2.45) is 0 Å². The van der Waals surface area contributed by atoms with E-state index in [2.05, 4.69) is 47.4 Å². The molecule has 17 heavy (non-hydrogen) atoms. The van der Waals surface area contributed by atoms with Crippen LogP contribution in [0.3, 0.4) is 0 Å². The van der Waals surface area contributed by atoms with Gasteiger partial charge in [0, 0.05) is 37.9 Å². The molecule has 0 aromatic carbocycles. The molecule has 0 aliphatic carbocycles. The largest absolute Gasteiger partial charge is 0.359 e. The Morgan fingerprint density at radius 3 is 2.94 bits per heavy atom. The third-order valence-corrected chi connectivity index (χ3v) is 2.90. The lowest BCUT2D eigenvalue weighted by atomic mass is 10.2. The van der Waals surface area contributed by atoms with Gasteiger partial charge in [0.1, 0.15) is 0 Å². The molecule has 1 amide bonds. The molecular weight excluding hydrogens is 214 g/mol. The fourth-order valence-electron chi connectivity index (χ4n) is 1.97. The lowest BCUT2D eigenvalue weighted by molar-refractivity contribution is -0.120.